The van der Waals surface area contributed by atoms with Gasteiger partial charge in [-0.3, -0.25) is 0 Å². The van der Waals surface area contributed by atoms with Crippen molar-refractivity contribution in [3.8, 4) is 5.75 Å². The Bertz CT molecular complexity index is 336. The molecule has 2 rings (SSSR count). The molecule has 3 heteroatoms. The predicted octanol–water partition coefficient (Wildman–Crippen LogP) is 1.78. The largest absolute Gasteiger partial charge is 0.493 e. The van der Waals surface area contributed by atoms with Gasteiger partial charge in [-0.15, -0.1) is 0 Å². The highest BCUT2D eigenvalue weighted by atomic mass is 19.1. The summed E-state index contributed by atoms with van der Waals surface area (Å²) in [6.45, 7) is 2.41. The minimum absolute atomic E-state index is 0.223. The van der Waals surface area contributed by atoms with Crippen molar-refractivity contribution in [1.29, 1.82) is 0 Å². The third-order valence-corrected chi connectivity index (χ3v) is 2.30. The molecule has 0 spiro atoms. The number of benzene rings is 1. The van der Waals surface area contributed by atoms with Crippen molar-refractivity contribution in [3.05, 3.63) is 29.1 Å². The molecule has 1 unspecified atom stereocenters. The van der Waals surface area contributed by atoms with Gasteiger partial charge in [0.05, 0.1) is 6.61 Å². The molecular formula is C10H12FNO. The summed E-state index contributed by atoms with van der Waals surface area (Å²) < 4.78 is 18.7. The molecule has 1 heterocycles. The molecule has 70 valence electrons. The van der Waals surface area contributed by atoms with Gasteiger partial charge in [-0.25, -0.2) is 4.39 Å². The summed E-state index contributed by atoms with van der Waals surface area (Å²) in [6, 6.07) is 2.96. The lowest BCUT2D eigenvalue weighted by Gasteiger charge is -2.08. The predicted molar refractivity (Wildman–Crippen MR) is 48.2 cm³/mol. The standard InChI is InChI=1S/C10H12FNO/c1-6(12)8-5-10-7(2-3-13-10)4-9(8)11/h4-6H,2-3,12H2,1H3. The lowest BCUT2D eigenvalue weighted by molar-refractivity contribution is 0.356. The van der Waals surface area contributed by atoms with E-state index in [4.69, 9.17) is 10.5 Å². The maximum Gasteiger partial charge on any atom is 0.128 e. The van der Waals surface area contributed by atoms with Crippen molar-refractivity contribution in [2.45, 2.75) is 19.4 Å². The molecule has 0 saturated heterocycles. The average Bonchev–Trinajstić information content (AvgIpc) is 2.48. The van der Waals surface area contributed by atoms with Gasteiger partial charge in [0, 0.05) is 23.6 Å². The van der Waals surface area contributed by atoms with Gasteiger partial charge in [-0.1, -0.05) is 0 Å². The van der Waals surface area contributed by atoms with E-state index in [1.807, 2.05) is 0 Å². The summed E-state index contributed by atoms with van der Waals surface area (Å²) >= 11 is 0. The van der Waals surface area contributed by atoms with E-state index in [-0.39, 0.29) is 11.9 Å². The summed E-state index contributed by atoms with van der Waals surface area (Å²) in [7, 11) is 0. The Morgan fingerprint density at radius 2 is 2.31 bits per heavy atom. The third kappa shape index (κ3) is 1.40. The third-order valence-electron chi connectivity index (χ3n) is 2.30. The van der Waals surface area contributed by atoms with Gasteiger partial charge in [0.15, 0.2) is 0 Å². The SMILES string of the molecule is CC(N)c1cc2c(cc1F)CCO2. The molecule has 1 aromatic carbocycles. The Balaban J connectivity index is 2.49. The van der Waals surface area contributed by atoms with E-state index < -0.39 is 0 Å². The summed E-state index contributed by atoms with van der Waals surface area (Å²) in [6.07, 6.45) is 0.797. The molecule has 1 aromatic rings. The number of fused-ring (bicyclic) bond motifs is 1. The van der Waals surface area contributed by atoms with Crippen molar-refractivity contribution < 1.29 is 9.13 Å². The number of nitrogens with two attached hydrogens (primary N) is 1. The summed E-state index contributed by atoms with van der Waals surface area (Å²) in [5, 5.41) is 0. The van der Waals surface area contributed by atoms with Crippen LogP contribution in [0.5, 0.6) is 5.75 Å². The molecular weight excluding hydrogens is 169 g/mol. The highest BCUT2D eigenvalue weighted by Crippen LogP contribution is 2.30. The maximum absolute atomic E-state index is 13.4. The van der Waals surface area contributed by atoms with Crippen molar-refractivity contribution in [3.63, 3.8) is 0 Å². The molecule has 1 aliphatic rings. The van der Waals surface area contributed by atoms with Crippen molar-refractivity contribution in [2.75, 3.05) is 6.61 Å². The smallest absolute Gasteiger partial charge is 0.128 e. The lowest BCUT2D eigenvalue weighted by atomic mass is 10.0. The van der Waals surface area contributed by atoms with Gasteiger partial charge < -0.3 is 10.5 Å². The fraction of sp³-hybridized carbons (Fsp3) is 0.400. The molecule has 2 N–H and O–H groups in total. The van der Waals surface area contributed by atoms with Crippen LogP contribution < -0.4 is 10.5 Å². The Morgan fingerprint density at radius 3 is 3.00 bits per heavy atom. The van der Waals surface area contributed by atoms with E-state index in [1.54, 1.807) is 13.0 Å². The van der Waals surface area contributed by atoms with Crippen LogP contribution in [0.3, 0.4) is 0 Å². The van der Waals surface area contributed by atoms with E-state index in [1.165, 1.54) is 6.07 Å². The zero-order valence-electron chi connectivity index (χ0n) is 7.51. The molecule has 0 aromatic heterocycles. The molecule has 1 atom stereocenters. The number of halogens is 1. The molecule has 0 amide bonds. The van der Waals surface area contributed by atoms with E-state index in [0.29, 0.717) is 12.2 Å². The van der Waals surface area contributed by atoms with E-state index in [9.17, 15) is 4.39 Å². The van der Waals surface area contributed by atoms with Crippen LogP contribution in [0.2, 0.25) is 0 Å². The zero-order chi connectivity index (χ0) is 9.42. The Labute approximate surface area is 76.5 Å². The minimum Gasteiger partial charge on any atom is -0.493 e. The maximum atomic E-state index is 13.4. The topological polar surface area (TPSA) is 35.2 Å². The van der Waals surface area contributed by atoms with Crippen LogP contribution in [0.15, 0.2) is 12.1 Å². The Kier molecular flexibility index (Phi) is 1.96. The van der Waals surface area contributed by atoms with Crippen LogP contribution in [0.25, 0.3) is 0 Å². The Hall–Kier alpha value is -1.09. The zero-order valence-corrected chi connectivity index (χ0v) is 7.51. The van der Waals surface area contributed by atoms with Gasteiger partial charge >= 0.3 is 0 Å². The summed E-state index contributed by atoms with van der Waals surface area (Å²) in [5.41, 5.74) is 7.09. The minimum atomic E-state index is -0.283. The molecule has 0 aliphatic carbocycles. The highest BCUT2D eigenvalue weighted by Gasteiger charge is 2.17. The molecule has 13 heavy (non-hydrogen) atoms. The van der Waals surface area contributed by atoms with Crippen molar-refractivity contribution >= 4 is 0 Å². The van der Waals surface area contributed by atoms with E-state index >= 15 is 0 Å². The fourth-order valence-electron chi connectivity index (χ4n) is 1.56. The summed E-state index contributed by atoms with van der Waals surface area (Å²) in [4.78, 5) is 0. The highest BCUT2D eigenvalue weighted by molar-refractivity contribution is 5.41. The van der Waals surface area contributed by atoms with Gasteiger partial charge in [0.1, 0.15) is 11.6 Å². The van der Waals surface area contributed by atoms with Gasteiger partial charge in [0.25, 0.3) is 0 Å². The first kappa shape index (κ1) is 8.51. The Morgan fingerprint density at radius 1 is 1.54 bits per heavy atom. The molecule has 0 saturated carbocycles. The van der Waals surface area contributed by atoms with Crippen molar-refractivity contribution in [2.24, 2.45) is 5.73 Å². The first-order valence-corrected chi connectivity index (χ1v) is 4.39. The van der Waals surface area contributed by atoms with Crippen LogP contribution in [0.4, 0.5) is 4.39 Å². The quantitative estimate of drug-likeness (QED) is 0.716. The second-order valence-corrected chi connectivity index (χ2v) is 3.37. The van der Waals surface area contributed by atoms with Crippen LogP contribution in [-0.2, 0) is 6.42 Å². The molecule has 1 aliphatic heterocycles. The fourth-order valence-corrected chi connectivity index (χ4v) is 1.56. The van der Waals surface area contributed by atoms with Gasteiger partial charge in [0.2, 0.25) is 0 Å². The number of ether oxygens (including phenoxy) is 1. The van der Waals surface area contributed by atoms with E-state index in [2.05, 4.69) is 0 Å². The number of rotatable bonds is 1. The summed E-state index contributed by atoms with van der Waals surface area (Å²) in [5.74, 6) is 0.563. The lowest BCUT2D eigenvalue weighted by Crippen LogP contribution is -2.07. The van der Waals surface area contributed by atoms with Gasteiger partial charge in [-0.05, 0) is 19.1 Å². The van der Waals surface area contributed by atoms with Crippen LogP contribution in [0, 0.1) is 5.82 Å². The first-order valence-electron chi connectivity index (χ1n) is 4.39. The van der Waals surface area contributed by atoms with Gasteiger partial charge in [-0.2, -0.15) is 0 Å². The van der Waals surface area contributed by atoms with Crippen LogP contribution in [0.1, 0.15) is 24.1 Å². The molecule has 0 radical (unpaired) electrons. The number of hydrogen-bond acceptors (Lipinski definition) is 2. The second-order valence-electron chi connectivity index (χ2n) is 3.37. The first-order chi connectivity index (χ1) is 6.18. The monoisotopic (exact) mass is 181 g/mol. The van der Waals surface area contributed by atoms with E-state index in [0.717, 1.165) is 17.7 Å². The normalized spacial score (nSPS) is 16.5. The molecule has 2 nitrogen and oxygen atoms in total. The molecule has 0 bridgehead atoms. The number of hydrogen-bond donors (Lipinski definition) is 1. The van der Waals surface area contributed by atoms with Crippen LogP contribution in [-0.4, -0.2) is 6.61 Å². The average molecular weight is 181 g/mol. The van der Waals surface area contributed by atoms with Crippen LogP contribution >= 0.6 is 0 Å². The second kappa shape index (κ2) is 3.00. The van der Waals surface area contributed by atoms with Crippen molar-refractivity contribution in [1.82, 2.24) is 0 Å². The molecule has 0 fully saturated rings.